The van der Waals surface area contributed by atoms with E-state index in [4.69, 9.17) is 0 Å². The quantitative estimate of drug-likeness (QED) is 0.428. The molecule has 3 rings (SSSR count). The maximum atomic E-state index is 2.30. The summed E-state index contributed by atoms with van der Waals surface area (Å²) in [5, 5.41) is 0. The Morgan fingerprint density at radius 1 is 1.57 bits per heavy atom. The summed E-state index contributed by atoms with van der Waals surface area (Å²) in [4.78, 5) is 0. The molecule has 0 fully saturated rings. The van der Waals surface area contributed by atoms with Gasteiger partial charge < -0.3 is 0 Å². The molecule has 36 valence electrons. The summed E-state index contributed by atoms with van der Waals surface area (Å²) < 4.78 is 0. The minimum Gasteiger partial charge on any atom is -0.0581 e. The summed E-state index contributed by atoms with van der Waals surface area (Å²) in [7, 11) is 0. The zero-order chi connectivity index (χ0) is 4.85. The van der Waals surface area contributed by atoms with Gasteiger partial charge in [0.2, 0.25) is 0 Å². The van der Waals surface area contributed by atoms with Crippen LogP contribution in [0.4, 0.5) is 0 Å². The van der Waals surface area contributed by atoms with E-state index in [2.05, 4.69) is 19.1 Å². The van der Waals surface area contributed by atoms with E-state index in [1.807, 2.05) is 0 Å². The van der Waals surface area contributed by atoms with Gasteiger partial charge in [0.1, 0.15) is 0 Å². The Labute approximate surface area is 43.5 Å². The van der Waals surface area contributed by atoms with Crippen LogP contribution in [-0.2, 0) is 0 Å². The summed E-state index contributed by atoms with van der Waals surface area (Å²) in [5.74, 6) is 0.856. The second-order valence-corrected chi connectivity index (χ2v) is 2.47. The van der Waals surface area contributed by atoms with E-state index in [1.165, 1.54) is 6.42 Å². The molecule has 0 aromatic rings. The molecule has 0 saturated carbocycles. The monoisotopic (exact) mass is 92.1 g/mol. The largest absolute Gasteiger partial charge is 0.0581 e. The van der Waals surface area contributed by atoms with Crippen LogP contribution in [0, 0.1) is 5.92 Å². The summed E-state index contributed by atoms with van der Waals surface area (Å²) in [5.41, 5.74) is 3.12. The van der Waals surface area contributed by atoms with Crippen LogP contribution in [0.2, 0.25) is 0 Å². The van der Waals surface area contributed by atoms with Crippen LogP contribution in [-0.4, -0.2) is 0 Å². The molecule has 0 aromatic carbocycles. The molecule has 0 saturated heterocycles. The molecular formula is C7H8. The lowest BCUT2D eigenvalue weighted by atomic mass is 10.1. The van der Waals surface area contributed by atoms with Gasteiger partial charge in [0.15, 0.2) is 0 Å². The first-order valence-corrected chi connectivity index (χ1v) is 2.78. The minimum atomic E-state index is 0.856. The Morgan fingerprint density at radius 2 is 2.29 bits per heavy atom. The highest BCUT2D eigenvalue weighted by atomic mass is 14.3. The lowest BCUT2D eigenvalue weighted by Gasteiger charge is -1.98. The molecule has 0 nitrogen and oxygen atoms in total. The van der Waals surface area contributed by atoms with Crippen molar-refractivity contribution in [2.75, 3.05) is 0 Å². The molecule has 0 radical (unpaired) electrons. The molecular weight excluding hydrogens is 84.1 g/mol. The van der Waals surface area contributed by atoms with Gasteiger partial charge in [0.25, 0.3) is 0 Å². The third-order valence-electron chi connectivity index (χ3n) is 1.82. The van der Waals surface area contributed by atoms with Crippen molar-refractivity contribution in [3.8, 4) is 0 Å². The lowest BCUT2D eigenvalue weighted by molar-refractivity contribution is 0.759. The lowest BCUT2D eigenvalue weighted by Crippen LogP contribution is -1.83. The van der Waals surface area contributed by atoms with Crippen LogP contribution in [0.1, 0.15) is 13.3 Å². The van der Waals surface area contributed by atoms with Crippen molar-refractivity contribution in [1.29, 1.82) is 0 Å². The van der Waals surface area contributed by atoms with Gasteiger partial charge in [-0.25, -0.2) is 0 Å². The number of hydrogen-bond acceptors (Lipinski definition) is 0. The predicted molar refractivity (Wildman–Crippen MR) is 29.9 cm³/mol. The Bertz CT molecular complexity index is 161. The summed E-state index contributed by atoms with van der Waals surface area (Å²) in [6.45, 7) is 2.28. The fourth-order valence-electron chi connectivity index (χ4n) is 1.29. The smallest absolute Gasteiger partial charge is 0.0150 e. The van der Waals surface area contributed by atoms with Gasteiger partial charge in [-0.2, -0.15) is 0 Å². The Balaban J connectivity index is 2.36. The second kappa shape index (κ2) is 0.835. The average Bonchev–Trinajstić information content (AvgIpc) is 1.85. The van der Waals surface area contributed by atoms with Crippen molar-refractivity contribution in [3.05, 3.63) is 23.3 Å². The first-order chi connectivity index (χ1) is 3.36. The van der Waals surface area contributed by atoms with Crippen LogP contribution in [0.15, 0.2) is 23.3 Å². The maximum Gasteiger partial charge on any atom is -0.0150 e. The van der Waals surface area contributed by atoms with Crippen molar-refractivity contribution in [2.24, 2.45) is 5.92 Å². The predicted octanol–water partition coefficient (Wildman–Crippen LogP) is 1.89. The van der Waals surface area contributed by atoms with E-state index in [9.17, 15) is 0 Å². The van der Waals surface area contributed by atoms with Crippen LogP contribution < -0.4 is 0 Å². The standard InChI is InChI=1S/C7H8/c1-5-2-6-3-7(5)4-6/h3-5H,2H2,1H3. The Hall–Kier alpha value is -0.520. The molecule has 1 unspecified atom stereocenters. The molecule has 3 aliphatic rings. The molecule has 0 aromatic heterocycles. The van der Waals surface area contributed by atoms with E-state index < -0.39 is 0 Å². The average molecular weight is 92.1 g/mol. The number of allylic oxidation sites excluding steroid dienone is 4. The normalized spacial score (nSPS) is 34.1. The van der Waals surface area contributed by atoms with Crippen molar-refractivity contribution in [2.45, 2.75) is 13.3 Å². The molecule has 7 heavy (non-hydrogen) atoms. The molecule has 0 N–H and O–H groups in total. The van der Waals surface area contributed by atoms with Crippen LogP contribution in [0.25, 0.3) is 0 Å². The maximum absolute atomic E-state index is 2.30. The molecule has 2 bridgehead atoms. The molecule has 3 aliphatic carbocycles. The zero-order valence-electron chi connectivity index (χ0n) is 4.44. The van der Waals surface area contributed by atoms with Crippen molar-refractivity contribution in [1.82, 2.24) is 0 Å². The zero-order valence-corrected chi connectivity index (χ0v) is 4.44. The second-order valence-electron chi connectivity index (χ2n) is 2.47. The number of hydrogen-bond donors (Lipinski definition) is 0. The molecule has 1 atom stereocenters. The van der Waals surface area contributed by atoms with Gasteiger partial charge >= 0.3 is 0 Å². The van der Waals surface area contributed by atoms with Gasteiger partial charge in [-0.15, -0.1) is 0 Å². The van der Waals surface area contributed by atoms with Gasteiger partial charge in [-0.05, 0) is 23.5 Å². The molecule has 0 spiro atoms. The van der Waals surface area contributed by atoms with Crippen LogP contribution in [0.3, 0.4) is 0 Å². The first-order valence-electron chi connectivity index (χ1n) is 2.78. The third-order valence-corrected chi connectivity index (χ3v) is 1.82. The van der Waals surface area contributed by atoms with Crippen molar-refractivity contribution >= 4 is 0 Å². The van der Waals surface area contributed by atoms with E-state index in [0.717, 1.165) is 5.92 Å². The summed E-state index contributed by atoms with van der Waals surface area (Å²) in [6, 6.07) is 0. The molecule has 0 heterocycles. The van der Waals surface area contributed by atoms with Crippen molar-refractivity contribution in [3.63, 3.8) is 0 Å². The number of rotatable bonds is 0. The fraction of sp³-hybridized carbons (Fsp3) is 0.429. The first kappa shape index (κ1) is 3.48. The highest BCUT2D eigenvalue weighted by molar-refractivity contribution is 5.51. The van der Waals surface area contributed by atoms with Crippen molar-refractivity contribution < 1.29 is 0 Å². The summed E-state index contributed by atoms with van der Waals surface area (Å²) >= 11 is 0. The van der Waals surface area contributed by atoms with E-state index in [1.54, 1.807) is 11.1 Å². The molecule has 0 aliphatic heterocycles. The molecule has 0 heteroatoms. The van der Waals surface area contributed by atoms with Gasteiger partial charge in [-0.3, -0.25) is 0 Å². The van der Waals surface area contributed by atoms with E-state index >= 15 is 0 Å². The Morgan fingerprint density at radius 3 is 2.43 bits per heavy atom. The highest BCUT2D eigenvalue weighted by Crippen LogP contribution is 2.39. The summed E-state index contributed by atoms with van der Waals surface area (Å²) in [6.07, 6.45) is 5.91. The topological polar surface area (TPSA) is 0 Å². The fourth-order valence-corrected chi connectivity index (χ4v) is 1.29. The van der Waals surface area contributed by atoms with E-state index in [0.29, 0.717) is 0 Å². The number of fused-ring (bicyclic) bond motifs is 1. The Kier molecular flexibility index (Phi) is 0.415. The van der Waals surface area contributed by atoms with Crippen LogP contribution >= 0.6 is 0 Å². The SMILES string of the molecule is CC1CC2=CC1=C2. The highest BCUT2D eigenvalue weighted by Gasteiger charge is 2.23. The van der Waals surface area contributed by atoms with Gasteiger partial charge in [-0.1, -0.05) is 19.1 Å². The van der Waals surface area contributed by atoms with Gasteiger partial charge in [0.05, 0.1) is 0 Å². The van der Waals surface area contributed by atoms with Gasteiger partial charge in [0, 0.05) is 0 Å². The minimum absolute atomic E-state index is 0.856. The van der Waals surface area contributed by atoms with E-state index in [-0.39, 0.29) is 0 Å². The third kappa shape index (κ3) is 0.277. The van der Waals surface area contributed by atoms with Crippen LogP contribution in [0.5, 0.6) is 0 Å². The molecule has 0 amide bonds.